The Bertz CT molecular complexity index is 1890. The standard InChI is InChI=1S/C40H48F2N4O3S/c1-25(37(47)48-6)11-12-26-9-7-10-27(21-26)40(4)18-8-17-39(2,3)24-50-20-16-30-29-15-19-45-34(29)23-33(42)35(30)49-28-13-14-32(41)31(22-28)36(44-5)46-38(40)43/h7,9-10,13-15,19,21-23,25,45H,8,11-12,16-18,20,24H2,1-6H3,(H2,43,44,46). The average molecular weight is 703 g/mol. The zero-order chi connectivity index (χ0) is 36.1. The van der Waals surface area contributed by atoms with Gasteiger partial charge in [0.1, 0.15) is 23.2 Å². The fourth-order valence-corrected chi connectivity index (χ4v) is 7.81. The summed E-state index contributed by atoms with van der Waals surface area (Å²) in [5.74, 6) is 0.835. The van der Waals surface area contributed by atoms with Crippen molar-refractivity contribution >= 4 is 40.3 Å². The van der Waals surface area contributed by atoms with Crippen LogP contribution in [0.15, 0.2) is 65.8 Å². The summed E-state index contributed by atoms with van der Waals surface area (Å²) in [7, 11) is 3.04. The van der Waals surface area contributed by atoms with Gasteiger partial charge in [-0.2, -0.15) is 11.8 Å². The minimum atomic E-state index is -0.796. The van der Waals surface area contributed by atoms with Crippen LogP contribution in [0.2, 0.25) is 0 Å². The maximum Gasteiger partial charge on any atom is 0.308 e. The molecule has 50 heavy (non-hydrogen) atoms. The Morgan fingerprint density at radius 3 is 2.68 bits per heavy atom. The van der Waals surface area contributed by atoms with Crippen LogP contribution < -0.4 is 10.1 Å². The third-order valence-corrected chi connectivity index (χ3v) is 11.3. The van der Waals surface area contributed by atoms with E-state index in [4.69, 9.17) is 14.5 Å². The molecule has 10 heteroatoms. The van der Waals surface area contributed by atoms with Crippen LogP contribution in [0, 0.1) is 28.4 Å². The molecule has 0 amide bonds. The third kappa shape index (κ3) is 8.40. The maximum absolute atomic E-state index is 15.6. The first kappa shape index (κ1) is 37.1. The molecule has 0 saturated carbocycles. The van der Waals surface area contributed by atoms with Crippen LogP contribution >= 0.6 is 11.8 Å². The van der Waals surface area contributed by atoms with Crippen LogP contribution in [0.1, 0.15) is 75.6 Å². The predicted molar refractivity (Wildman–Crippen MR) is 200 cm³/mol. The van der Waals surface area contributed by atoms with E-state index in [1.807, 2.05) is 49.9 Å². The number of benzene rings is 3. The first-order valence-electron chi connectivity index (χ1n) is 17.2. The molecule has 7 nitrogen and oxygen atoms in total. The van der Waals surface area contributed by atoms with E-state index in [-0.39, 0.29) is 46.0 Å². The molecule has 3 aromatic carbocycles. The molecule has 1 aliphatic rings. The Hall–Kier alpha value is -4.18. The minimum Gasteiger partial charge on any atom is -0.469 e. The van der Waals surface area contributed by atoms with Crippen LogP contribution in [-0.4, -0.2) is 48.3 Å². The molecule has 0 saturated heterocycles. The number of thioether (sulfide) groups is 1. The number of carbonyl (C=O) groups excluding carboxylic acids is 1. The number of hydrogen-bond donors (Lipinski definition) is 3. The number of fused-ring (bicyclic) bond motifs is 5. The molecule has 1 aromatic heterocycles. The van der Waals surface area contributed by atoms with Crippen LogP contribution in [0.5, 0.6) is 11.5 Å². The number of H-pyrrole nitrogens is 1. The molecule has 0 fully saturated rings. The van der Waals surface area contributed by atoms with Gasteiger partial charge in [0.25, 0.3) is 0 Å². The number of aromatic amines is 1. The van der Waals surface area contributed by atoms with Crippen LogP contribution in [0.25, 0.3) is 10.9 Å². The number of methoxy groups -OCH3 is 1. The fraction of sp³-hybridized carbons (Fsp3) is 0.425. The zero-order valence-corrected chi connectivity index (χ0v) is 30.7. The number of aromatic nitrogens is 1. The van der Waals surface area contributed by atoms with Crippen molar-refractivity contribution in [1.82, 2.24) is 10.3 Å². The van der Waals surface area contributed by atoms with Gasteiger partial charge >= 0.3 is 5.97 Å². The molecule has 5 rings (SSSR count). The van der Waals surface area contributed by atoms with E-state index in [0.717, 1.165) is 46.4 Å². The lowest BCUT2D eigenvalue weighted by atomic mass is 9.74. The molecule has 2 atom stereocenters. The number of rotatable bonds is 5. The van der Waals surface area contributed by atoms with Gasteiger partial charge in [0.2, 0.25) is 0 Å². The number of carbonyl (C=O) groups is 1. The van der Waals surface area contributed by atoms with Crippen molar-refractivity contribution in [2.75, 3.05) is 25.7 Å². The Labute approximate surface area is 298 Å². The lowest BCUT2D eigenvalue weighted by molar-refractivity contribution is -0.145. The van der Waals surface area contributed by atoms with Gasteiger partial charge in [-0.3, -0.25) is 10.2 Å². The molecule has 4 aromatic rings. The maximum atomic E-state index is 15.6. The van der Waals surface area contributed by atoms with Crippen molar-refractivity contribution in [2.24, 2.45) is 16.3 Å². The molecule has 2 unspecified atom stereocenters. The van der Waals surface area contributed by atoms with Gasteiger partial charge in [-0.1, -0.05) is 51.5 Å². The van der Waals surface area contributed by atoms with Crippen molar-refractivity contribution < 1.29 is 23.0 Å². The molecule has 266 valence electrons. The van der Waals surface area contributed by atoms with Crippen molar-refractivity contribution in [2.45, 2.75) is 71.6 Å². The van der Waals surface area contributed by atoms with Gasteiger partial charge in [-0.25, -0.2) is 13.8 Å². The van der Waals surface area contributed by atoms with Crippen molar-refractivity contribution in [3.8, 4) is 11.5 Å². The largest absolute Gasteiger partial charge is 0.469 e. The molecular weight excluding hydrogens is 655 g/mol. The number of nitrogens with one attached hydrogen (secondary N) is 3. The van der Waals surface area contributed by atoms with E-state index in [1.165, 1.54) is 31.4 Å². The highest BCUT2D eigenvalue weighted by atomic mass is 32.2. The molecule has 0 aliphatic carbocycles. The summed E-state index contributed by atoms with van der Waals surface area (Å²) in [4.78, 5) is 19.9. The Morgan fingerprint density at radius 1 is 1.12 bits per heavy atom. The lowest BCUT2D eigenvalue weighted by Crippen LogP contribution is -2.34. The van der Waals surface area contributed by atoms with Crippen LogP contribution in [0.3, 0.4) is 0 Å². The smallest absolute Gasteiger partial charge is 0.308 e. The summed E-state index contributed by atoms with van der Waals surface area (Å²) >= 11 is 1.84. The van der Waals surface area contributed by atoms with E-state index in [0.29, 0.717) is 31.2 Å². The molecule has 2 heterocycles. The number of amidine groups is 2. The summed E-state index contributed by atoms with van der Waals surface area (Å²) in [5, 5.41) is 13.3. The molecule has 0 spiro atoms. The normalized spacial score (nSPS) is 20.4. The number of aryl methyl sites for hydroxylation is 2. The van der Waals surface area contributed by atoms with E-state index in [2.05, 4.69) is 30.2 Å². The summed E-state index contributed by atoms with van der Waals surface area (Å²) < 4.78 is 42.3. The highest BCUT2D eigenvalue weighted by Crippen LogP contribution is 2.39. The number of nitrogens with zero attached hydrogens (tertiary/aromatic N) is 1. The molecule has 1 aliphatic heterocycles. The number of hydrogen-bond acceptors (Lipinski definition) is 6. The Kier molecular flexibility index (Phi) is 11.7. The highest BCUT2D eigenvalue weighted by molar-refractivity contribution is 7.99. The number of aliphatic imine (C=N–C) groups is 1. The van der Waals surface area contributed by atoms with E-state index in [1.54, 1.807) is 13.2 Å². The molecule has 0 radical (unpaired) electrons. The van der Waals surface area contributed by atoms with E-state index >= 15 is 8.78 Å². The van der Waals surface area contributed by atoms with Gasteiger partial charge in [-0.15, -0.1) is 0 Å². The number of halogens is 2. The average Bonchev–Trinajstić information content (AvgIpc) is 3.57. The SMILES string of the molecule is CN/C1=N\C(=N)C(C)(c2cccc(CCC(C)C(=O)OC)c2)CCCC(C)(C)CSCCc2c(c(F)cc3[nH]ccc23)Oc2ccc(F)c1c2. The van der Waals surface area contributed by atoms with Gasteiger partial charge < -0.3 is 19.8 Å². The van der Waals surface area contributed by atoms with Gasteiger partial charge in [0.05, 0.1) is 24.0 Å². The van der Waals surface area contributed by atoms with Crippen molar-refractivity contribution in [3.63, 3.8) is 0 Å². The fourth-order valence-electron chi connectivity index (χ4n) is 6.62. The lowest BCUT2D eigenvalue weighted by Gasteiger charge is -2.32. The van der Waals surface area contributed by atoms with Crippen molar-refractivity contribution in [3.05, 3.63) is 94.7 Å². The summed E-state index contributed by atoms with van der Waals surface area (Å²) in [6, 6.07) is 15.8. The highest BCUT2D eigenvalue weighted by Gasteiger charge is 2.34. The van der Waals surface area contributed by atoms with Gasteiger partial charge in [0.15, 0.2) is 11.6 Å². The Morgan fingerprint density at radius 2 is 1.92 bits per heavy atom. The van der Waals surface area contributed by atoms with Gasteiger partial charge in [-0.05, 0) is 91.3 Å². The summed E-state index contributed by atoms with van der Waals surface area (Å²) in [5.41, 5.74) is 2.79. The van der Waals surface area contributed by atoms with E-state index < -0.39 is 17.0 Å². The second-order valence-electron chi connectivity index (χ2n) is 14.2. The first-order chi connectivity index (χ1) is 23.8. The van der Waals surface area contributed by atoms with Crippen LogP contribution in [-0.2, 0) is 27.8 Å². The summed E-state index contributed by atoms with van der Waals surface area (Å²) in [6.45, 7) is 8.41. The molecule has 2 bridgehead atoms. The summed E-state index contributed by atoms with van der Waals surface area (Å²) in [6.07, 6.45) is 6.14. The van der Waals surface area contributed by atoms with Crippen molar-refractivity contribution in [1.29, 1.82) is 5.41 Å². The predicted octanol–water partition coefficient (Wildman–Crippen LogP) is 9.37. The zero-order valence-electron chi connectivity index (χ0n) is 29.8. The monoisotopic (exact) mass is 702 g/mol. The second-order valence-corrected chi connectivity index (χ2v) is 15.3. The molecular formula is C40H48F2N4O3S. The molecule has 3 N–H and O–H groups in total. The number of esters is 1. The topological polar surface area (TPSA) is 99.6 Å². The second kappa shape index (κ2) is 15.8. The minimum absolute atomic E-state index is 0.00965. The Balaban J connectivity index is 1.56. The quantitative estimate of drug-likeness (QED) is 0.180. The van der Waals surface area contributed by atoms with Gasteiger partial charge in [0, 0.05) is 35.8 Å². The first-order valence-corrected chi connectivity index (χ1v) is 18.4. The van der Waals surface area contributed by atoms with E-state index in [9.17, 15) is 10.2 Å². The van der Waals surface area contributed by atoms with Crippen LogP contribution in [0.4, 0.5) is 8.78 Å². The third-order valence-electron chi connectivity index (χ3n) is 9.82. The number of ether oxygens (including phenoxy) is 2.